The number of rotatable bonds is 26. The zero-order valence-electron chi connectivity index (χ0n) is 58.4. The Bertz CT molecular complexity index is 3430. The first-order valence-electron chi connectivity index (χ1n) is 30.5. The van der Waals surface area contributed by atoms with Crippen LogP contribution in [0.5, 0.6) is 5.75 Å². The number of nitrogens with one attached hydrogen (secondary N) is 5. The number of halogens is 3. The van der Waals surface area contributed by atoms with Crippen molar-refractivity contribution < 1.29 is 120 Å². The second-order valence-corrected chi connectivity index (χ2v) is 30.4. The third-order valence-corrected chi connectivity index (χ3v) is 18.8. The van der Waals surface area contributed by atoms with Gasteiger partial charge in [-0.3, -0.25) is 75.8 Å². The molecule has 6 heterocycles. The average molecular weight is 1620 g/mol. The first kappa shape index (κ1) is 106. The van der Waals surface area contributed by atoms with Gasteiger partial charge in [0.1, 0.15) is 60.2 Å². The van der Waals surface area contributed by atoms with Crippen molar-refractivity contribution in [2.24, 2.45) is 0 Å². The Morgan fingerprint density at radius 1 is 0.721 bits per heavy atom. The molecule has 34 nitrogen and oxygen atoms in total. The molecule has 598 valence electrons. The van der Waals surface area contributed by atoms with Crippen molar-refractivity contribution in [2.45, 2.75) is 224 Å². The van der Waals surface area contributed by atoms with Crippen LogP contribution in [0.3, 0.4) is 0 Å². The van der Waals surface area contributed by atoms with Gasteiger partial charge in [0.25, 0.3) is 16.8 Å². The quantitative estimate of drug-likeness (QED) is 0.00736. The molecule has 0 spiro atoms. The number of aliphatic hydroxyl groups excluding tert-OH is 1. The zero-order valence-corrected chi connectivity index (χ0v) is 64.9. The number of aliphatic hydroxyl groups is 1. The maximum absolute atomic E-state index is 15.6. The fourth-order valence-electron chi connectivity index (χ4n) is 8.41. The maximum Gasteiger partial charge on any atom is 2.00 e. The van der Waals surface area contributed by atoms with Crippen molar-refractivity contribution in [3.8, 4) is 5.75 Å². The molecule has 0 bridgehead atoms. The summed E-state index contributed by atoms with van der Waals surface area (Å²) in [6, 6.07) is 4.06. The van der Waals surface area contributed by atoms with Gasteiger partial charge >= 0.3 is 75.6 Å². The molecule has 4 aliphatic rings. The molecule has 7 unspecified atom stereocenters. The molecule has 43 heteroatoms. The van der Waals surface area contributed by atoms with Gasteiger partial charge in [-0.05, 0) is 114 Å². The number of non-ortho nitro benzene ring substituents is 1. The Hall–Kier alpha value is -4.02. The number of benzene rings is 1. The summed E-state index contributed by atoms with van der Waals surface area (Å²) in [5, 5.41) is 28.5. The van der Waals surface area contributed by atoms with Gasteiger partial charge in [0, 0.05) is 49.9 Å². The number of aromatic amines is 2. The van der Waals surface area contributed by atoms with Crippen molar-refractivity contribution in [3.63, 3.8) is 0 Å². The second-order valence-electron chi connectivity index (χ2n) is 23.5. The van der Waals surface area contributed by atoms with Gasteiger partial charge in [0.05, 0.1) is 36.4 Å². The summed E-state index contributed by atoms with van der Waals surface area (Å²) >= 11 is 2.47. The summed E-state index contributed by atoms with van der Waals surface area (Å²) in [6.45, 7) is 23.1. The van der Waals surface area contributed by atoms with E-state index < -0.39 is 161 Å². The number of carbonyl (C=O) groups is 3. The predicted molar refractivity (Wildman–Crippen MR) is 388 cm³/mol. The molecule has 6 N–H and O–H groups in total. The Morgan fingerprint density at radius 3 is 1.55 bits per heavy atom. The van der Waals surface area contributed by atoms with Crippen LogP contribution in [-0.2, 0) is 83.9 Å². The number of thioether (sulfide) groups is 2. The van der Waals surface area contributed by atoms with Crippen LogP contribution in [0.1, 0.15) is 152 Å². The summed E-state index contributed by atoms with van der Waals surface area (Å²) in [5.74, 6) is -0.428. The summed E-state index contributed by atoms with van der Waals surface area (Å²) in [6.07, 6.45) is -1.42. The van der Waals surface area contributed by atoms with Gasteiger partial charge < -0.3 is 61.1 Å². The summed E-state index contributed by atoms with van der Waals surface area (Å²) in [4.78, 5) is 96.7. The summed E-state index contributed by atoms with van der Waals surface area (Å²) < 4.78 is 140. The minimum absolute atomic E-state index is 0. The van der Waals surface area contributed by atoms with Gasteiger partial charge in [0.2, 0.25) is 0 Å². The summed E-state index contributed by atoms with van der Waals surface area (Å²) in [7, 11) is -12.0. The van der Waals surface area contributed by atoms with Crippen molar-refractivity contribution >= 4 is 93.4 Å². The van der Waals surface area contributed by atoms with Gasteiger partial charge in [-0.15, -0.1) is 23.5 Å². The van der Waals surface area contributed by atoms with E-state index in [0.29, 0.717) is 0 Å². The van der Waals surface area contributed by atoms with E-state index in [-0.39, 0.29) is 101 Å². The monoisotopic (exact) mass is 1620 g/mol. The first-order valence-corrected chi connectivity index (χ1v) is 37.9. The van der Waals surface area contributed by atoms with Crippen molar-refractivity contribution in [1.82, 2.24) is 34.4 Å². The van der Waals surface area contributed by atoms with E-state index in [2.05, 4.69) is 36.0 Å². The van der Waals surface area contributed by atoms with Crippen molar-refractivity contribution in [2.75, 3.05) is 57.6 Å². The van der Waals surface area contributed by atoms with Crippen LogP contribution < -0.4 is 54.7 Å². The van der Waals surface area contributed by atoms with Crippen LogP contribution in [0.15, 0.2) is 68.0 Å². The molecule has 0 saturated carbocycles. The Kier molecular flexibility index (Phi) is 51.0. The molecule has 7 rings (SSSR count). The number of nitro benzene ring substituents is 1. The molecule has 4 saturated heterocycles. The van der Waals surface area contributed by atoms with E-state index >= 15 is 8.78 Å². The third-order valence-electron chi connectivity index (χ3n) is 12.8. The molecular formula is C61H108ClF2MgN8O26P3S2. The van der Waals surface area contributed by atoms with E-state index in [9.17, 15) is 62.5 Å². The minimum Gasteiger partial charge on any atom is -1.00 e. The second kappa shape index (κ2) is 49.9. The van der Waals surface area contributed by atoms with E-state index in [1.165, 1.54) is 94.2 Å². The van der Waals surface area contributed by atoms with Crippen LogP contribution in [-0.4, -0.2) is 200 Å². The average Bonchev–Trinajstić information content (AvgIpc) is 1.61. The van der Waals surface area contributed by atoms with Crippen LogP contribution in [0, 0.1) is 16.0 Å². The number of esters is 3. The van der Waals surface area contributed by atoms with Gasteiger partial charge in [-0.2, -0.15) is 25.9 Å². The standard InChI is InChI=1S/C18H29FN3O9PS.C17H25FN3O9P.C14H21N2O7PS.C4H8O.C4H9.4CH4.ClH.Mg/c1-10(2)30-15(25)11(3)21-32(27,29-9-33-5)28-8-12-14(24)18(4,19)16(31-12)22-7-6-13(23)20-17(22)26;1-9(2)29-14(23)10(3)20-31(25)27-7-11-13(26-8-28-31)17(4,18)15(30-11)21-6-5-12(22)19-16(21)24;1-10(2)22-14(17)11(3)15-24(20,21-9-25-4)23-13-7-5-12(6-8-13)16(18)19;1-2-4-5-3-1;1-4(2)3;;;;;;/h6-7,10-12,14,16,24H,8-9H2,1-5H3,(H,21,27)(H,20,23,26);5-6,9-11,13,15H,7-8H2,1-4H3,(H,20,25)(H,19,22,24);5-8,10-11H,9H2,1-4H3,(H,15,20);1-4H2;1-3H3;4*1H4;1H;/q;;;;-1;;;;;;+2/p-1/t11?,12-,14?,16-,18-,32?;10-,11+,13?,15+,17+,31?;;;;;;;;;/m10........./s1. The molecule has 0 aliphatic carbocycles. The Labute approximate surface area is 637 Å². The van der Waals surface area contributed by atoms with E-state index in [0.717, 1.165) is 53.8 Å². The fraction of sp³-hybridized carbons (Fsp3) is 0.705. The van der Waals surface area contributed by atoms with Crippen LogP contribution in [0.4, 0.5) is 14.5 Å². The largest absolute Gasteiger partial charge is 2.00 e. The number of H-pyrrole nitrogens is 2. The van der Waals surface area contributed by atoms with Crippen LogP contribution in [0.2, 0.25) is 0 Å². The SMILES string of the molecule is C.C.C.C.C1CCOC1.CC(C)OC(=O)[C@H](C)NP1(=O)OCOC2[C@@H](CO1)O[C@@H](n1ccc(=O)[nH]c1=O)[C@]2(C)F.CSCOP(=O)(NC(C)C(=O)OC(C)C)OC[C@H]1O[C@@H](n2ccc(=O)[nH]c2=O)[C@](C)(F)C1O.CSCOP(=O)(NC(C)C(=O)OC(C)C)Oc1ccc([N+](=O)[O-])cc1.C[C-](C)C.[Cl-].[Mg+2]. The number of alkyl halides is 2. The van der Waals surface area contributed by atoms with Gasteiger partial charge in [-0.1, -0.05) is 29.7 Å². The minimum atomic E-state index is -4.12. The maximum atomic E-state index is 15.6. The number of fused-ring (bicyclic) bond motifs is 1. The van der Waals surface area contributed by atoms with Crippen molar-refractivity contribution in [1.29, 1.82) is 0 Å². The molecule has 1 aromatic carbocycles. The third kappa shape index (κ3) is 35.1. The Balaban J connectivity index is -0.000000664. The number of ether oxygens (including phenoxy) is 7. The number of hydrogen-bond acceptors (Lipinski definition) is 28. The van der Waals surface area contributed by atoms with E-state index in [1.54, 1.807) is 54.1 Å². The number of hydrogen-bond donors (Lipinski definition) is 6. The molecule has 4 aliphatic heterocycles. The molecule has 4 fully saturated rings. The van der Waals surface area contributed by atoms with E-state index in [1.807, 2.05) is 9.97 Å². The normalized spacial score (nSPS) is 24.2. The fourth-order valence-corrected chi connectivity index (χ4v) is 14.0. The zero-order chi connectivity index (χ0) is 74.1. The van der Waals surface area contributed by atoms with Crippen LogP contribution >= 0.6 is 46.8 Å². The first-order chi connectivity index (χ1) is 45.6. The molecule has 104 heavy (non-hydrogen) atoms. The Morgan fingerprint density at radius 2 is 1.14 bits per heavy atom. The number of nitrogens with zero attached hydrogens (tertiary/aromatic N) is 3. The predicted octanol–water partition coefficient (Wildman–Crippen LogP) is 6.44. The molecule has 0 amide bonds. The molecule has 2 aromatic heterocycles. The molecular weight excluding hydrogens is 1520 g/mol. The van der Waals surface area contributed by atoms with Crippen molar-refractivity contribution in [3.05, 3.63) is 107 Å². The smallest absolute Gasteiger partial charge is 1.00 e. The number of carbonyl (C=O) groups excluding carboxylic acids is 3. The van der Waals surface area contributed by atoms with E-state index in [4.69, 9.17) is 60.3 Å². The topological polar surface area (TPSA) is 432 Å². The summed E-state index contributed by atoms with van der Waals surface area (Å²) in [5.41, 5.74) is -7.93. The molecule has 0 radical (unpaired) electrons. The van der Waals surface area contributed by atoms with Gasteiger partial charge in [0.15, 0.2) is 30.6 Å². The number of aromatic nitrogens is 4. The van der Waals surface area contributed by atoms with Crippen LogP contribution in [0.25, 0.3) is 0 Å². The van der Waals surface area contributed by atoms with Gasteiger partial charge in [-0.25, -0.2) is 42.2 Å². The molecule has 14 atom stereocenters. The molecule has 3 aromatic rings. The number of nitro groups is 1.